The summed E-state index contributed by atoms with van der Waals surface area (Å²) in [6.45, 7) is 4.18. The van der Waals surface area contributed by atoms with Gasteiger partial charge in [0.1, 0.15) is 0 Å². The van der Waals surface area contributed by atoms with Gasteiger partial charge in [0, 0.05) is 31.2 Å². The van der Waals surface area contributed by atoms with Crippen LogP contribution in [0.4, 0.5) is 21.9 Å². The summed E-state index contributed by atoms with van der Waals surface area (Å²) in [6, 6.07) is 16.4. The summed E-state index contributed by atoms with van der Waals surface area (Å²) in [5, 5.41) is 3.14. The number of hydrogen-bond acceptors (Lipinski definition) is 4. The van der Waals surface area contributed by atoms with E-state index in [1.54, 1.807) is 11.8 Å². The minimum Gasteiger partial charge on any atom is -0.450 e. The summed E-state index contributed by atoms with van der Waals surface area (Å²) in [5.74, 6) is -0.0759. The topological polar surface area (TPSA) is 61.9 Å². The SMILES string of the molecule is CCOC(=O)N1CCC(C(=O)Nc2ccccc2N2CCc3ccccc32)CC1. The van der Waals surface area contributed by atoms with E-state index < -0.39 is 0 Å². The van der Waals surface area contributed by atoms with Gasteiger partial charge in [-0.2, -0.15) is 0 Å². The molecule has 6 nitrogen and oxygen atoms in total. The molecule has 1 N–H and O–H groups in total. The third-order valence-electron chi connectivity index (χ3n) is 5.73. The number of anilines is 3. The van der Waals surface area contributed by atoms with E-state index in [0.717, 1.165) is 24.3 Å². The van der Waals surface area contributed by atoms with Crippen molar-refractivity contribution in [1.82, 2.24) is 4.90 Å². The van der Waals surface area contributed by atoms with Gasteiger partial charge < -0.3 is 19.9 Å². The molecule has 4 rings (SSSR count). The van der Waals surface area contributed by atoms with Crippen LogP contribution in [0.25, 0.3) is 0 Å². The number of carbonyl (C=O) groups excluding carboxylic acids is 2. The van der Waals surface area contributed by atoms with Crippen LogP contribution < -0.4 is 10.2 Å². The zero-order chi connectivity index (χ0) is 20.2. The van der Waals surface area contributed by atoms with Gasteiger partial charge in [0.2, 0.25) is 5.91 Å². The lowest BCUT2D eigenvalue weighted by molar-refractivity contribution is -0.121. The molecule has 0 spiro atoms. The van der Waals surface area contributed by atoms with Gasteiger partial charge in [-0.05, 0) is 49.9 Å². The van der Waals surface area contributed by atoms with Gasteiger partial charge in [0.05, 0.1) is 18.0 Å². The van der Waals surface area contributed by atoms with E-state index in [0.29, 0.717) is 32.5 Å². The Morgan fingerprint density at radius 2 is 1.69 bits per heavy atom. The number of hydrogen-bond donors (Lipinski definition) is 1. The lowest BCUT2D eigenvalue weighted by Gasteiger charge is -2.31. The fraction of sp³-hybridized carbons (Fsp3) is 0.391. The van der Waals surface area contributed by atoms with Gasteiger partial charge in [-0.25, -0.2) is 4.79 Å². The highest BCUT2D eigenvalue weighted by molar-refractivity contribution is 5.97. The van der Waals surface area contributed by atoms with Gasteiger partial charge >= 0.3 is 6.09 Å². The van der Waals surface area contributed by atoms with E-state index in [2.05, 4.69) is 40.5 Å². The molecule has 0 aliphatic carbocycles. The highest BCUT2D eigenvalue weighted by atomic mass is 16.6. The van der Waals surface area contributed by atoms with Crippen molar-refractivity contribution in [2.45, 2.75) is 26.2 Å². The van der Waals surface area contributed by atoms with Gasteiger partial charge in [0.25, 0.3) is 0 Å². The Morgan fingerprint density at radius 3 is 2.45 bits per heavy atom. The molecule has 152 valence electrons. The van der Waals surface area contributed by atoms with Gasteiger partial charge in [-0.3, -0.25) is 4.79 Å². The van der Waals surface area contributed by atoms with Crippen molar-refractivity contribution >= 4 is 29.1 Å². The first-order valence-electron chi connectivity index (χ1n) is 10.3. The fourth-order valence-electron chi connectivity index (χ4n) is 4.18. The molecule has 29 heavy (non-hydrogen) atoms. The third kappa shape index (κ3) is 4.06. The molecule has 0 radical (unpaired) electrons. The highest BCUT2D eigenvalue weighted by Crippen LogP contribution is 2.38. The van der Waals surface area contributed by atoms with E-state index >= 15 is 0 Å². The first-order chi connectivity index (χ1) is 14.2. The molecule has 0 unspecified atom stereocenters. The molecule has 0 saturated carbocycles. The van der Waals surface area contributed by atoms with E-state index in [-0.39, 0.29) is 17.9 Å². The summed E-state index contributed by atoms with van der Waals surface area (Å²) < 4.78 is 5.06. The van der Waals surface area contributed by atoms with Crippen molar-refractivity contribution in [1.29, 1.82) is 0 Å². The average molecular weight is 393 g/mol. The molecular formula is C23H27N3O3. The zero-order valence-electron chi connectivity index (χ0n) is 16.8. The number of amides is 2. The molecule has 2 aliphatic heterocycles. The van der Waals surface area contributed by atoms with Crippen LogP contribution in [0.1, 0.15) is 25.3 Å². The Labute approximate surface area is 171 Å². The van der Waals surface area contributed by atoms with Crippen LogP contribution >= 0.6 is 0 Å². The molecule has 2 aliphatic rings. The number of benzene rings is 2. The standard InChI is InChI=1S/C23H27N3O3/c1-2-29-23(28)25-14-11-18(12-15-25)22(27)24-19-8-4-6-10-21(19)26-16-13-17-7-3-5-9-20(17)26/h3-10,18H,2,11-16H2,1H3,(H,24,27). The first-order valence-corrected chi connectivity index (χ1v) is 10.3. The van der Waals surface area contributed by atoms with E-state index in [1.807, 2.05) is 18.2 Å². The minimum atomic E-state index is -0.288. The normalized spacial score (nSPS) is 16.4. The summed E-state index contributed by atoms with van der Waals surface area (Å²) >= 11 is 0. The quantitative estimate of drug-likeness (QED) is 0.846. The fourth-order valence-corrected chi connectivity index (χ4v) is 4.18. The second-order valence-corrected chi connectivity index (χ2v) is 7.50. The molecule has 2 amide bonds. The number of nitrogens with one attached hydrogen (secondary N) is 1. The Hall–Kier alpha value is -3.02. The smallest absolute Gasteiger partial charge is 0.409 e. The first kappa shape index (κ1) is 19.3. The van der Waals surface area contributed by atoms with Crippen LogP contribution in [-0.4, -0.2) is 43.1 Å². The van der Waals surface area contributed by atoms with Crippen molar-refractivity contribution < 1.29 is 14.3 Å². The van der Waals surface area contributed by atoms with Crippen LogP contribution in [0, 0.1) is 5.92 Å². The lowest BCUT2D eigenvalue weighted by Crippen LogP contribution is -2.41. The predicted octanol–water partition coefficient (Wildman–Crippen LogP) is 4.19. The molecular weight excluding hydrogens is 366 g/mol. The van der Waals surface area contributed by atoms with Crippen LogP contribution in [0.3, 0.4) is 0 Å². The maximum Gasteiger partial charge on any atom is 0.409 e. The number of ether oxygens (including phenoxy) is 1. The Balaban J connectivity index is 1.43. The van der Waals surface area contributed by atoms with Crippen LogP contribution in [-0.2, 0) is 16.0 Å². The number of nitrogens with zero attached hydrogens (tertiary/aromatic N) is 2. The molecule has 2 aromatic rings. The lowest BCUT2D eigenvalue weighted by atomic mass is 9.96. The van der Waals surface area contributed by atoms with Crippen molar-refractivity contribution in [3.63, 3.8) is 0 Å². The second kappa shape index (κ2) is 8.55. The average Bonchev–Trinajstić information content (AvgIpc) is 3.18. The number of carbonyl (C=O) groups is 2. The summed E-state index contributed by atoms with van der Waals surface area (Å²) in [4.78, 5) is 28.7. The highest BCUT2D eigenvalue weighted by Gasteiger charge is 2.29. The maximum absolute atomic E-state index is 12.9. The van der Waals surface area contributed by atoms with Crippen LogP contribution in [0.15, 0.2) is 48.5 Å². The van der Waals surface area contributed by atoms with Crippen molar-refractivity contribution in [3.8, 4) is 0 Å². The van der Waals surface area contributed by atoms with Gasteiger partial charge in [-0.15, -0.1) is 0 Å². The van der Waals surface area contributed by atoms with Crippen LogP contribution in [0.5, 0.6) is 0 Å². The molecule has 0 atom stereocenters. The van der Waals surface area contributed by atoms with Crippen molar-refractivity contribution in [2.24, 2.45) is 5.92 Å². The number of rotatable bonds is 4. The summed E-state index contributed by atoms with van der Waals surface area (Å²) in [7, 11) is 0. The van der Waals surface area contributed by atoms with E-state index in [1.165, 1.54) is 11.3 Å². The van der Waals surface area contributed by atoms with E-state index in [9.17, 15) is 9.59 Å². The Morgan fingerprint density at radius 1 is 1.00 bits per heavy atom. The number of likely N-dealkylation sites (tertiary alicyclic amines) is 1. The predicted molar refractivity (Wildman–Crippen MR) is 114 cm³/mol. The zero-order valence-corrected chi connectivity index (χ0v) is 16.8. The Bertz CT molecular complexity index is 890. The third-order valence-corrected chi connectivity index (χ3v) is 5.73. The second-order valence-electron chi connectivity index (χ2n) is 7.50. The summed E-state index contributed by atoms with van der Waals surface area (Å²) in [5.41, 5.74) is 4.40. The van der Waals surface area contributed by atoms with Crippen molar-refractivity contribution in [2.75, 3.05) is 36.5 Å². The van der Waals surface area contributed by atoms with Crippen LogP contribution in [0.2, 0.25) is 0 Å². The Kier molecular flexibility index (Phi) is 5.69. The molecule has 1 saturated heterocycles. The molecule has 1 fully saturated rings. The monoisotopic (exact) mass is 393 g/mol. The molecule has 6 heteroatoms. The minimum absolute atomic E-state index is 0.0217. The molecule has 2 heterocycles. The molecule has 0 bridgehead atoms. The molecule has 0 aromatic heterocycles. The van der Waals surface area contributed by atoms with Gasteiger partial charge in [0.15, 0.2) is 0 Å². The van der Waals surface area contributed by atoms with Gasteiger partial charge in [-0.1, -0.05) is 30.3 Å². The largest absolute Gasteiger partial charge is 0.450 e. The maximum atomic E-state index is 12.9. The molecule has 2 aromatic carbocycles. The number of piperidine rings is 1. The number of para-hydroxylation sites is 3. The van der Waals surface area contributed by atoms with E-state index in [4.69, 9.17) is 4.74 Å². The summed E-state index contributed by atoms with van der Waals surface area (Å²) in [6.07, 6.45) is 2.02. The van der Waals surface area contributed by atoms with Crippen molar-refractivity contribution in [3.05, 3.63) is 54.1 Å². The number of fused-ring (bicyclic) bond motifs is 1.